The van der Waals surface area contributed by atoms with E-state index in [-0.39, 0.29) is 0 Å². The lowest BCUT2D eigenvalue weighted by atomic mass is 9.84. The Morgan fingerprint density at radius 3 is 1.03 bits per heavy atom. The Bertz CT molecular complexity index is 3980. The van der Waals surface area contributed by atoms with Gasteiger partial charge in [-0.05, 0) is 114 Å². The molecule has 0 atom stereocenters. The first-order valence-corrected chi connectivity index (χ1v) is 25.1. The fraction of sp³-hybridized carbons (Fsp3) is 0. The van der Waals surface area contributed by atoms with Gasteiger partial charge < -0.3 is 0 Å². The van der Waals surface area contributed by atoms with E-state index >= 15 is 0 Å². The molecule has 0 unspecified atom stereocenters. The second-order valence-corrected chi connectivity index (χ2v) is 18.7. The summed E-state index contributed by atoms with van der Waals surface area (Å²) >= 11 is 0. The summed E-state index contributed by atoms with van der Waals surface area (Å²) in [5.74, 6) is 0. The standard InChI is InChI=1S/C71H47N3/c1-5-21-48(22-6-1)65-43-69(51-26-9-3-10-27-51)72-46-67(65)63-35-19-17-31-59(63)55-40-54(58-30-15-16-33-61(58)57-39-53-38-37-50-25-13-14-34-62(50)71(53)74-45-57)41-56(42-55)60-32-18-20-36-64(60)68-47-73-70(52-28-11-4-12-29-52)44-66(68)49-23-7-2-8-24-49/h1-47H. The van der Waals surface area contributed by atoms with E-state index in [1.807, 2.05) is 18.3 Å². The van der Waals surface area contributed by atoms with Crippen molar-refractivity contribution in [3.63, 3.8) is 0 Å². The average Bonchev–Trinajstić information content (AvgIpc) is 3.49. The third-order valence-corrected chi connectivity index (χ3v) is 14.2. The van der Waals surface area contributed by atoms with Crippen molar-refractivity contribution in [3.8, 4) is 112 Å². The Hall–Kier alpha value is -9.83. The lowest BCUT2D eigenvalue weighted by Gasteiger charge is -2.20. The molecule has 0 radical (unpaired) electrons. The minimum Gasteiger partial charge on any atom is -0.256 e. The average molecular weight is 942 g/mol. The van der Waals surface area contributed by atoms with Crippen molar-refractivity contribution >= 4 is 21.7 Å². The van der Waals surface area contributed by atoms with Gasteiger partial charge in [-0.15, -0.1) is 0 Å². The van der Waals surface area contributed by atoms with Crippen molar-refractivity contribution < 1.29 is 0 Å². The maximum atomic E-state index is 5.15. The van der Waals surface area contributed by atoms with Gasteiger partial charge in [0.2, 0.25) is 0 Å². The third kappa shape index (κ3) is 8.42. The first kappa shape index (κ1) is 44.1. The molecule has 0 aliphatic heterocycles. The number of pyridine rings is 3. The molecule has 10 aromatic carbocycles. The highest BCUT2D eigenvalue weighted by molar-refractivity contribution is 6.06. The van der Waals surface area contributed by atoms with Crippen LogP contribution in [0.4, 0.5) is 0 Å². The molecule has 74 heavy (non-hydrogen) atoms. The minimum atomic E-state index is 0.931. The van der Waals surface area contributed by atoms with E-state index in [1.165, 1.54) is 5.39 Å². The molecule has 0 amide bonds. The Morgan fingerprint density at radius 2 is 0.554 bits per heavy atom. The van der Waals surface area contributed by atoms with Crippen LogP contribution in [-0.4, -0.2) is 15.0 Å². The fourth-order valence-electron chi connectivity index (χ4n) is 10.6. The molecule has 3 nitrogen and oxygen atoms in total. The predicted molar refractivity (Wildman–Crippen MR) is 309 cm³/mol. The van der Waals surface area contributed by atoms with Crippen molar-refractivity contribution in [1.29, 1.82) is 0 Å². The zero-order valence-electron chi connectivity index (χ0n) is 40.5. The van der Waals surface area contributed by atoms with Gasteiger partial charge >= 0.3 is 0 Å². The number of hydrogen-bond acceptors (Lipinski definition) is 3. The van der Waals surface area contributed by atoms with Crippen LogP contribution in [0.1, 0.15) is 0 Å². The van der Waals surface area contributed by atoms with Crippen LogP contribution in [-0.2, 0) is 0 Å². The van der Waals surface area contributed by atoms with Crippen molar-refractivity contribution in [2.24, 2.45) is 0 Å². The van der Waals surface area contributed by atoms with Crippen LogP contribution in [0.25, 0.3) is 133 Å². The maximum absolute atomic E-state index is 5.15. The molecule has 0 aliphatic rings. The quantitative estimate of drug-likeness (QED) is 0.128. The summed E-state index contributed by atoms with van der Waals surface area (Å²) in [6.45, 7) is 0. The van der Waals surface area contributed by atoms with Gasteiger partial charge in [-0.2, -0.15) is 0 Å². The summed E-state index contributed by atoms with van der Waals surface area (Å²) in [4.78, 5) is 15.5. The van der Waals surface area contributed by atoms with E-state index in [1.54, 1.807) is 0 Å². The topological polar surface area (TPSA) is 38.7 Å². The summed E-state index contributed by atoms with van der Waals surface area (Å²) in [6, 6.07) is 95.3. The molecule has 3 heterocycles. The normalized spacial score (nSPS) is 11.2. The van der Waals surface area contributed by atoms with Crippen LogP contribution >= 0.6 is 0 Å². The fourth-order valence-corrected chi connectivity index (χ4v) is 10.6. The molecule has 0 saturated carbocycles. The Labute approximate surface area is 431 Å². The molecule has 13 aromatic rings. The van der Waals surface area contributed by atoms with Gasteiger partial charge in [0.25, 0.3) is 0 Å². The van der Waals surface area contributed by atoms with E-state index in [0.29, 0.717) is 0 Å². The first-order valence-electron chi connectivity index (χ1n) is 25.1. The Balaban J connectivity index is 1.03. The predicted octanol–water partition coefficient (Wildman–Crippen LogP) is 18.8. The molecule has 0 fully saturated rings. The van der Waals surface area contributed by atoms with Crippen molar-refractivity contribution in [1.82, 2.24) is 15.0 Å². The van der Waals surface area contributed by atoms with Gasteiger partial charge in [0.1, 0.15) is 0 Å². The van der Waals surface area contributed by atoms with E-state index in [2.05, 4.69) is 267 Å². The number of benzene rings is 10. The lowest BCUT2D eigenvalue weighted by molar-refractivity contribution is 1.32. The molecule has 3 aromatic heterocycles. The Kier molecular flexibility index (Phi) is 11.6. The molecular formula is C71H47N3. The molecule has 3 heteroatoms. The van der Waals surface area contributed by atoms with Gasteiger partial charge in [-0.3, -0.25) is 15.0 Å². The van der Waals surface area contributed by atoms with E-state index in [4.69, 9.17) is 15.0 Å². The summed E-state index contributed by atoms with van der Waals surface area (Å²) < 4.78 is 0. The van der Waals surface area contributed by atoms with E-state index < -0.39 is 0 Å². The largest absolute Gasteiger partial charge is 0.256 e. The highest BCUT2D eigenvalue weighted by Crippen LogP contribution is 2.46. The smallest absolute Gasteiger partial charge is 0.0780 e. The summed E-state index contributed by atoms with van der Waals surface area (Å²) in [7, 11) is 0. The van der Waals surface area contributed by atoms with E-state index in [0.717, 1.165) is 128 Å². The molecule has 13 rings (SSSR count). The van der Waals surface area contributed by atoms with Crippen LogP contribution in [0.5, 0.6) is 0 Å². The third-order valence-electron chi connectivity index (χ3n) is 14.2. The summed E-state index contributed by atoms with van der Waals surface area (Å²) in [6.07, 6.45) is 6.16. The highest BCUT2D eigenvalue weighted by Gasteiger charge is 2.21. The Morgan fingerprint density at radius 1 is 0.189 bits per heavy atom. The van der Waals surface area contributed by atoms with Gasteiger partial charge in [-0.1, -0.05) is 231 Å². The molecule has 0 saturated heterocycles. The summed E-state index contributed by atoms with van der Waals surface area (Å²) in [5.41, 5.74) is 22.6. The first-order chi connectivity index (χ1) is 36.7. The van der Waals surface area contributed by atoms with Crippen LogP contribution in [0.15, 0.2) is 286 Å². The zero-order chi connectivity index (χ0) is 49.2. The minimum absolute atomic E-state index is 0.931. The number of hydrogen-bond donors (Lipinski definition) is 0. The number of rotatable bonds is 10. The maximum Gasteiger partial charge on any atom is 0.0780 e. The molecule has 0 N–H and O–H groups in total. The van der Waals surface area contributed by atoms with Crippen molar-refractivity contribution in [3.05, 3.63) is 286 Å². The second kappa shape index (κ2) is 19.4. The molecule has 0 aliphatic carbocycles. The number of aromatic nitrogens is 3. The lowest BCUT2D eigenvalue weighted by Crippen LogP contribution is -1.95. The zero-order valence-corrected chi connectivity index (χ0v) is 40.5. The SMILES string of the molecule is c1ccc(-c2cc(-c3ccccc3)c(-c3ccccc3-c3cc(-c4ccccc4-c4cnc5c(ccc6ccccc65)c4)cc(-c4ccccc4-c4cnc(-c5ccccc5)cc4-c4ccccc4)c3)cn2)cc1. The van der Waals surface area contributed by atoms with Crippen LogP contribution < -0.4 is 0 Å². The molecular weight excluding hydrogens is 895 g/mol. The van der Waals surface area contributed by atoms with Gasteiger partial charge in [0, 0.05) is 57.2 Å². The van der Waals surface area contributed by atoms with Crippen molar-refractivity contribution in [2.75, 3.05) is 0 Å². The molecule has 346 valence electrons. The van der Waals surface area contributed by atoms with Gasteiger partial charge in [-0.25, -0.2) is 0 Å². The number of fused-ring (bicyclic) bond motifs is 3. The van der Waals surface area contributed by atoms with Crippen LogP contribution in [0, 0.1) is 0 Å². The monoisotopic (exact) mass is 941 g/mol. The molecule has 0 bridgehead atoms. The van der Waals surface area contributed by atoms with Crippen molar-refractivity contribution in [2.45, 2.75) is 0 Å². The molecule has 0 spiro atoms. The summed E-state index contributed by atoms with van der Waals surface area (Å²) in [5, 5.41) is 3.44. The van der Waals surface area contributed by atoms with Gasteiger partial charge in [0.05, 0.1) is 16.9 Å². The van der Waals surface area contributed by atoms with Crippen LogP contribution in [0.2, 0.25) is 0 Å². The second-order valence-electron chi connectivity index (χ2n) is 18.7. The van der Waals surface area contributed by atoms with E-state index in [9.17, 15) is 0 Å². The van der Waals surface area contributed by atoms with Crippen LogP contribution in [0.3, 0.4) is 0 Å². The van der Waals surface area contributed by atoms with Gasteiger partial charge in [0.15, 0.2) is 0 Å². The number of nitrogens with zero attached hydrogens (tertiary/aromatic N) is 3. The highest BCUT2D eigenvalue weighted by atomic mass is 14.7.